The summed E-state index contributed by atoms with van der Waals surface area (Å²) in [4.78, 5) is 18.6. The Morgan fingerprint density at radius 1 is 1.19 bits per heavy atom. The molecule has 2 atom stereocenters. The highest BCUT2D eigenvalue weighted by molar-refractivity contribution is 6.32. The fraction of sp³-hybridized carbons (Fsp3) is 0.480. The zero-order chi connectivity index (χ0) is 25.2. The van der Waals surface area contributed by atoms with Crippen molar-refractivity contribution in [2.75, 3.05) is 19.3 Å². The van der Waals surface area contributed by atoms with E-state index in [9.17, 15) is 13.2 Å². The Balaban J connectivity index is 1.06. The van der Waals surface area contributed by atoms with E-state index in [2.05, 4.69) is 42.6 Å². The van der Waals surface area contributed by atoms with Gasteiger partial charge in [0.25, 0.3) is 0 Å². The summed E-state index contributed by atoms with van der Waals surface area (Å²) < 4.78 is 41.8. The largest absolute Gasteiger partial charge is 0.417 e. The first-order valence-electron chi connectivity index (χ1n) is 12.2. The van der Waals surface area contributed by atoms with Crippen molar-refractivity contribution >= 4 is 39.5 Å². The van der Waals surface area contributed by atoms with Crippen molar-refractivity contribution in [2.45, 2.75) is 56.3 Å². The van der Waals surface area contributed by atoms with Gasteiger partial charge < -0.3 is 20.2 Å². The molecule has 0 saturated heterocycles. The van der Waals surface area contributed by atoms with E-state index in [0.29, 0.717) is 34.9 Å². The van der Waals surface area contributed by atoms with E-state index in [1.807, 2.05) is 6.07 Å². The van der Waals surface area contributed by atoms with E-state index < -0.39 is 11.7 Å². The minimum atomic E-state index is -4.49. The van der Waals surface area contributed by atoms with Gasteiger partial charge in [0.15, 0.2) is 0 Å². The summed E-state index contributed by atoms with van der Waals surface area (Å²) in [5, 5.41) is 0.582. The van der Waals surface area contributed by atoms with E-state index in [-0.39, 0.29) is 10.9 Å². The van der Waals surface area contributed by atoms with Gasteiger partial charge in [-0.05, 0) is 63.3 Å². The second-order valence-corrected chi connectivity index (χ2v) is 10.7. The SMILES string of the molecule is CN(C[C@@H]1CC[C@H](n2ccc3c(N)ncnc32)C1)C1CC(c2nc3cc(Cl)c(C(F)(F)F)cc3[nH]2)C1. The predicted molar refractivity (Wildman–Crippen MR) is 133 cm³/mol. The third kappa shape index (κ3) is 4.10. The van der Waals surface area contributed by atoms with Crippen LogP contribution in [0, 0.1) is 5.92 Å². The van der Waals surface area contributed by atoms with Gasteiger partial charge in [0, 0.05) is 30.7 Å². The van der Waals surface area contributed by atoms with Crippen molar-refractivity contribution in [2.24, 2.45) is 5.92 Å². The predicted octanol–water partition coefficient (Wildman–Crippen LogP) is 5.78. The molecule has 3 N–H and O–H groups in total. The van der Waals surface area contributed by atoms with Gasteiger partial charge in [0.1, 0.15) is 23.6 Å². The highest BCUT2D eigenvalue weighted by atomic mass is 35.5. The number of benzene rings is 1. The van der Waals surface area contributed by atoms with Crippen molar-refractivity contribution in [3.05, 3.63) is 47.1 Å². The number of hydrogen-bond acceptors (Lipinski definition) is 5. The number of H-pyrrole nitrogens is 1. The normalized spacial score (nSPS) is 24.7. The number of nitrogen functional groups attached to an aromatic ring is 1. The van der Waals surface area contributed by atoms with Crippen LogP contribution < -0.4 is 5.73 Å². The zero-order valence-corrected chi connectivity index (χ0v) is 20.5. The second-order valence-electron chi connectivity index (χ2n) is 10.3. The Morgan fingerprint density at radius 2 is 2.00 bits per heavy atom. The number of hydrogen-bond donors (Lipinski definition) is 2. The Morgan fingerprint density at radius 3 is 2.78 bits per heavy atom. The summed E-state index contributed by atoms with van der Waals surface area (Å²) in [6.45, 7) is 1.02. The first-order chi connectivity index (χ1) is 17.2. The lowest BCUT2D eigenvalue weighted by molar-refractivity contribution is -0.137. The van der Waals surface area contributed by atoms with Crippen LogP contribution in [-0.2, 0) is 6.18 Å². The van der Waals surface area contributed by atoms with Gasteiger partial charge in [-0.3, -0.25) is 0 Å². The van der Waals surface area contributed by atoms with Crippen LogP contribution in [-0.4, -0.2) is 49.0 Å². The number of aromatic amines is 1. The summed E-state index contributed by atoms with van der Waals surface area (Å²) in [7, 11) is 2.17. The average molecular weight is 518 g/mol. The lowest BCUT2D eigenvalue weighted by atomic mass is 9.78. The molecule has 3 aromatic heterocycles. The van der Waals surface area contributed by atoms with Gasteiger partial charge in [-0.15, -0.1) is 0 Å². The molecular weight excluding hydrogens is 491 g/mol. The first-order valence-corrected chi connectivity index (χ1v) is 12.6. The van der Waals surface area contributed by atoms with Gasteiger partial charge in [-0.25, -0.2) is 15.0 Å². The number of fused-ring (bicyclic) bond motifs is 2. The molecule has 0 aliphatic heterocycles. The molecule has 0 bridgehead atoms. The first kappa shape index (κ1) is 23.5. The van der Waals surface area contributed by atoms with Crippen LogP contribution in [0.15, 0.2) is 30.7 Å². The van der Waals surface area contributed by atoms with E-state index in [0.717, 1.165) is 61.6 Å². The summed E-state index contributed by atoms with van der Waals surface area (Å²) >= 11 is 5.85. The Hall–Kier alpha value is -2.85. The van der Waals surface area contributed by atoms with Gasteiger partial charge in [-0.1, -0.05) is 11.6 Å². The van der Waals surface area contributed by atoms with Gasteiger partial charge in [0.05, 0.1) is 27.0 Å². The summed E-state index contributed by atoms with van der Waals surface area (Å²) in [5.41, 5.74) is 6.91. The molecule has 6 rings (SSSR count). The molecule has 3 heterocycles. The topological polar surface area (TPSA) is 88.7 Å². The molecule has 0 unspecified atom stereocenters. The fourth-order valence-electron chi connectivity index (χ4n) is 5.94. The number of alkyl halides is 3. The standard InChI is InChI=1S/C25H27ClF3N7/c1-35(11-13-2-3-15(6-13)36-5-4-17-22(30)31-12-32-24(17)36)16-7-14(8-16)23-33-20-9-18(25(27,28)29)19(26)10-21(20)34-23/h4-5,9-10,12-16H,2-3,6-8,11H2,1H3,(H,33,34)(H2,30,31,32)/t13-,14?,15+,16?/m1/s1. The molecule has 190 valence electrons. The Bertz CT molecular complexity index is 1420. The number of imidazole rings is 1. The minimum absolute atomic E-state index is 0.214. The lowest BCUT2D eigenvalue weighted by Gasteiger charge is -2.41. The maximum atomic E-state index is 13.2. The molecule has 7 nitrogen and oxygen atoms in total. The molecule has 2 aliphatic rings. The number of nitrogens with one attached hydrogen (secondary N) is 1. The molecule has 1 aromatic carbocycles. The highest BCUT2D eigenvalue weighted by Gasteiger charge is 2.38. The summed E-state index contributed by atoms with van der Waals surface area (Å²) in [6, 6.07) is 5.20. The maximum Gasteiger partial charge on any atom is 0.417 e. The van der Waals surface area contributed by atoms with Crippen molar-refractivity contribution in [3.8, 4) is 0 Å². The van der Waals surface area contributed by atoms with Crippen molar-refractivity contribution in [1.29, 1.82) is 0 Å². The number of nitrogens with two attached hydrogens (primary N) is 1. The highest BCUT2D eigenvalue weighted by Crippen LogP contribution is 2.42. The Labute approximate surface area is 210 Å². The average Bonchev–Trinajstić information content (AvgIpc) is 3.49. The van der Waals surface area contributed by atoms with Crippen LogP contribution >= 0.6 is 11.6 Å². The molecule has 2 saturated carbocycles. The van der Waals surface area contributed by atoms with E-state index in [4.69, 9.17) is 17.3 Å². The zero-order valence-electron chi connectivity index (χ0n) is 19.8. The number of anilines is 1. The van der Waals surface area contributed by atoms with Crippen molar-refractivity contribution < 1.29 is 13.2 Å². The van der Waals surface area contributed by atoms with Crippen LogP contribution in [0.1, 0.15) is 55.5 Å². The summed E-state index contributed by atoms with van der Waals surface area (Å²) in [6.07, 6.45) is 4.35. The summed E-state index contributed by atoms with van der Waals surface area (Å²) in [5.74, 6) is 2.07. The second kappa shape index (κ2) is 8.62. The molecular formula is C25H27ClF3N7. The smallest absolute Gasteiger partial charge is 0.383 e. The molecule has 0 amide bonds. The Kier molecular flexibility index (Phi) is 5.64. The van der Waals surface area contributed by atoms with Gasteiger partial charge >= 0.3 is 6.18 Å². The number of halogens is 4. The monoisotopic (exact) mass is 517 g/mol. The molecule has 4 aromatic rings. The third-order valence-electron chi connectivity index (χ3n) is 8.01. The van der Waals surface area contributed by atoms with E-state index >= 15 is 0 Å². The molecule has 11 heteroatoms. The van der Waals surface area contributed by atoms with Crippen LogP contribution in [0.4, 0.5) is 19.0 Å². The number of rotatable bonds is 5. The fourth-order valence-corrected chi connectivity index (χ4v) is 6.21. The number of aromatic nitrogens is 5. The van der Waals surface area contributed by atoms with E-state index in [1.165, 1.54) is 12.4 Å². The lowest BCUT2D eigenvalue weighted by Crippen LogP contribution is -2.43. The third-order valence-corrected chi connectivity index (χ3v) is 8.32. The molecule has 2 aliphatic carbocycles. The quantitative estimate of drug-likeness (QED) is 0.350. The van der Waals surface area contributed by atoms with Crippen LogP contribution in [0.25, 0.3) is 22.1 Å². The van der Waals surface area contributed by atoms with Gasteiger partial charge in [0.2, 0.25) is 0 Å². The van der Waals surface area contributed by atoms with Crippen molar-refractivity contribution in [1.82, 2.24) is 29.4 Å². The van der Waals surface area contributed by atoms with Crippen LogP contribution in [0.5, 0.6) is 0 Å². The molecule has 2 fully saturated rings. The minimum Gasteiger partial charge on any atom is -0.383 e. The van der Waals surface area contributed by atoms with Gasteiger partial charge in [-0.2, -0.15) is 13.2 Å². The molecule has 36 heavy (non-hydrogen) atoms. The molecule has 0 radical (unpaired) electrons. The van der Waals surface area contributed by atoms with Crippen molar-refractivity contribution in [3.63, 3.8) is 0 Å². The van der Waals surface area contributed by atoms with Crippen LogP contribution in [0.3, 0.4) is 0 Å². The van der Waals surface area contributed by atoms with E-state index in [1.54, 1.807) is 0 Å². The van der Waals surface area contributed by atoms with Crippen LogP contribution in [0.2, 0.25) is 5.02 Å². The number of nitrogens with zero attached hydrogens (tertiary/aromatic N) is 5. The maximum absolute atomic E-state index is 13.2. The molecule has 0 spiro atoms.